The number of aliphatic carboxylic acids is 1. The number of methoxy groups -OCH3 is 1. The fourth-order valence-electron chi connectivity index (χ4n) is 2.60. The predicted octanol–water partition coefficient (Wildman–Crippen LogP) is 0.769. The summed E-state index contributed by atoms with van der Waals surface area (Å²) in [6.45, 7) is 0.175. The third-order valence-corrected chi connectivity index (χ3v) is 5.38. The molecule has 0 radical (unpaired) electrons. The van der Waals surface area contributed by atoms with Gasteiger partial charge < -0.3 is 9.84 Å². The van der Waals surface area contributed by atoms with E-state index >= 15 is 0 Å². The Kier molecular flexibility index (Phi) is 4.84. The molecule has 0 amide bonds. The fourth-order valence-corrected chi connectivity index (χ4v) is 4.37. The van der Waals surface area contributed by atoms with Crippen LogP contribution in [0.5, 0.6) is 5.75 Å². The molecular weight excluding hydrogens is 294 g/mol. The summed E-state index contributed by atoms with van der Waals surface area (Å²) in [5.74, 6) is -0.141. The molecule has 2 rings (SSSR count). The van der Waals surface area contributed by atoms with Crippen LogP contribution < -0.4 is 4.74 Å². The highest BCUT2D eigenvalue weighted by Gasteiger charge is 2.33. The second kappa shape index (κ2) is 6.44. The van der Waals surface area contributed by atoms with Crippen molar-refractivity contribution in [1.82, 2.24) is 4.90 Å². The molecule has 1 N–H and O–H groups in total. The number of ether oxygens (including phenoxy) is 1. The Morgan fingerprint density at radius 1 is 1.43 bits per heavy atom. The zero-order chi connectivity index (χ0) is 15.5. The molecular formula is C14H19NO5S. The Morgan fingerprint density at radius 3 is 2.71 bits per heavy atom. The van der Waals surface area contributed by atoms with Crippen LogP contribution in [0.3, 0.4) is 0 Å². The van der Waals surface area contributed by atoms with E-state index < -0.39 is 15.8 Å². The molecule has 1 unspecified atom stereocenters. The van der Waals surface area contributed by atoms with E-state index in [2.05, 4.69) is 0 Å². The molecule has 21 heavy (non-hydrogen) atoms. The molecule has 1 aliphatic rings. The largest absolute Gasteiger partial charge is 0.496 e. The van der Waals surface area contributed by atoms with E-state index in [4.69, 9.17) is 9.84 Å². The van der Waals surface area contributed by atoms with Crippen LogP contribution in [0, 0.1) is 0 Å². The Bertz CT molecular complexity index is 614. The first-order valence-electron chi connectivity index (χ1n) is 6.69. The number of carbonyl (C=O) groups is 1. The van der Waals surface area contributed by atoms with E-state index in [0.29, 0.717) is 18.7 Å². The Morgan fingerprint density at radius 2 is 2.14 bits per heavy atom. The number of hydrogen-bond donors (Lipinski definition) is 1. The number of para-hydroxylation sites is 1. The van der Waals surface area contributed by atoms with Crippen LogP contribution in [0.4, 0.5) is 0 Å². The molecule has 0 aliphatic carbocycles. The SMILES string of the molecule is COc1ccccc1CN(CC(=O)O)C1CCS(=O)(=O)C1. The summed E-state index contributed by atoms with van der Waals surface area (Å²) in [4.78, 5) is 12.7. The molecule has 1 fully saturated rings. The van der Waals surface area contributed by atoms with Crippen molar-refractivity contribution in [3.05, 3.63) is 29.8 Å². The smallest absolute Gasteiger partial charge is 0.317 e. The van der Waals surface area contributed by atoms with Gasteiger partial charge in [-0.05, 0) is 12.5 Å². The summed E-state index contributed by atoms with van der Waals surface area (Å²) in [5.41, 5.74) is 0.852. The monoisotopic (exact) mass is 313 g/mol. The molecule has 1 atom stereocenters. The summed E-state index contributed by atoms with van der Waals surface area (Å²) < 4.78 is 28.5. The van der Waals surface area contributed by atoms with Crippen LogP contribution >= 0.6 is 0 Å². The second-order valence-corrected chi connectivity index (χ2v) is 7.40. The quantitative estimate of drug-likeness (QED) is 0.835. The van der Waals surface area contributed by atoms with Crippen molar-refractivity contribution in [1.29, 1.82) is 0 Å². The molecule has 1 aliphatic heterocycles. The Labute approximate surface area is 124 Å². The van der Waals surface area contributed by atoms with Crippen molar-refractivity contribution < 1.29 is 23.1 Å². The van der Waals surface area contributed by atoms with Gasteiger partial charge in [-0.2, -0.15) is 0 Å². The molecule has 1 aromatic rings. The normalized spacial score (nSPS) is 20.6. The maximum atomic E-state index is 11.6. The molecule has 1 aromatic carbocycles. The van der Waals surface area contributed by atoms with Gasteiger partial charge in [-0.1, -0.05) is 18.2 Å². The molecule has 1 heterocycles. The molecule has 6 nitrogen and oxygen atoms in total. The van der Waals surface area contributed by atoms with Gasteiger partial charge in [0.05, 0.1) is 25.2 Å². The van der Waals surface area contributed by atoms with E-state index in [1.54, 1.807) is 18.1 Å². The van der Waals surface area contributed by atoms with Gasteiger partial charge in [0.25, 0.3) is 0 Å². The van der Waals surface area contributed by atoms with E-state index in [-0.39, 0.29) is 24.1 Å². The summed E-state index contributed by atoms with van der Waals surface area (Å²) >= 11 is 0. The van der Waals surface area contributed by atoms with Gasteiger partial charge in [0.2, 0.25) is 0 Å². The predicted molar refractivity (Wildman–Crippen MR) is 78.1 cm³/mol. The summed E-state index contributed by atoms with van der Waals surface area (Å²) in [6, 6.07) is 7.10. The molecule has 1 saturated heterocycles. The first-order valence-corrected chi connectivity index (χ1v) is 8.51. The maximum absolute atomic E-state index is 11.6. The van der Waals surface area contributed by atoms with Crippen molar-refractivity contribution >= 4 is 15.8 Å². The zero-order valence-corrected chi connectivity index (χ0v) is 12.7. The minimum Gasteiger partial charge on any atom is -0.496 e. The van der Waals surface area contributed by atoms with Gasteiger partial charge in [0.15, 0.2) is 9.84 Å². The topological polar surface area (TPSA) is 83.9 Å². The lowest BCUT2D eigenvalue weighted by Gasteiger charge is -2.26. The molecule has 0 spiro atoms. The van der Waals surface area contributed by atoms with E-state index in [9.17, 15) is 13.2 Å². The fraction of sp³-hybridized carbons (Fsp3) is 0.500. The molecule has 7 heteroatoms. The lowest BCUT2D eigenvalue weighted by atomic mass is 10.1. The summed E-state index contributed by atoms with van der Waals surface area (Å²) in [6.07, 6.45) is 0.477. The van der Waals surface area contributed by atoms with Gasteiger partial charge in [-0.15, -0.1) is 0 Å². The van der Waals surface area contributed by atoms with Gasteiger partial charge in [-0.3, -0.25) is 9.69 Å². The molecule has 0 bridgehead atoms. The highest BCUT2D eigenvalue weighted by atomic mass is 32.2. The van der Waals surface area contributed by atoms with Crippen LogP contribution in [0.25, 0.3) is 0 Å². The number of sulfone groups is 1. The van der Waals surface area contributed by atoms with Gasteiger partial charge in [0, 0.05) is 18.2 Å². The number of carboxylic acid groups (broad SMARTS) is 1. The van der Waals surface area contributed by atoms with Gasteiger partial charge in [-0.25, -0.2) is 8.42 Å². The number of nitrogens with zero attached hydrogens (tertiary/aromatic N) is 1. The number of carboxylic acids is 1. The molecule has 116 valence electrons. The maximum Gasteiger partial charge on any atom is 0.317 e. The highest BCUT2D eigenvalue weighted by molar-refractivity contribution is 7.91. The first-order chi connectivity index (χ1) is 9.91. The summed E-state index contributed by atoms with van der Waals surface area (Å²) in [7, 11) is -1.49. The minimum absolute atomic E-state index is 0.0232. The lowest BCUT2D eigenvalue weighted by molar-refractivity contribution is -0.139. The van der Waals surface area contributed by atoms with E-state index in [1.165, 1.54) is 0 Å². The van der Waals surface area contributed by atoms with Crippen molar-refractivity contribution in [2.45, 2.75) is 19.0 Å². The average Bonchev–Trinajstić information content (AvgIpc) is 2.78. The lowest BCUT2D eigenvalue weighted by Crippen LogP contribution is -2.39. The molecule has 0 aromatic heterocycles. The standard InChI is InChI=1S/C14H19NO5S/c1-20-13-5-3-2-4-11(13)8-15(9-14(16)17)12-6-7-21(18,19)10-12/h2-5,12H,6-10H2,1H3,(H,16,17). The van der Waals surface area contributed by atoms with E-state index in [0.717, 1.165) is 5.56 Å². The second-order valence-electron chi connectivity index (χ2n) is 5.17. The minimum atomic E-state index is -3.05. The Balaban J connectivity index is 2.19. The van der Waals surface area contributed by atoms with Crippen molar-refractivity contribution in [2.24, 2.45) is 0 Å². The number of rotatable bonds is 6. The van der Waals surface area contributed by atoms with Gasteiger partial charge >= 0.3 is 5.97 Å². The zero-order valence-electron chi connectivity index (χ0n) is 11.9. The van der Waals surface area contributed by atoms with Crippen LogP contribution in [0.15, 0.2) is 24.3 Å². The number of hydrogen-bond acceptors (Lipinski definition) is 5. The third kappa shape index (κ3) is 4.18. The average molecular weight is 313 g/mol. The molecule has 0 saturated carbocycles. The van der Waals surface area contributed by atoms with Crippen molar-refractivity contribution in [2.75, 3.05) is 25.2 Å². The van der Waals surface area contributed by atoms with Crippen LogP contribution in [-0.4, -0.2) is 55.6 Å². The van der Waals surface area contributed by atoms with Crippen molar-refractivity contribution in [3.63, 3.8) is 0 Å². The van der Waals surface area contributed by atoms with Crippen molar-refractivity contribution in [3.8, 4) is 5.75 Å². The van der Waals surface area contributed by atoms with Crippen LogP contribution in [0.1, 0.15) is 12.0 Å². The van der Waals surface area contributed by atoms with E-state index in [1.807, 2.05) is 18.2 Å². The number of benzene rings is 1. The third-order valence-electron chi connectivity index (χ3n) is 3.63. The summed E-state index contributed by atoms with van der Waals surface area (Å²) in [5, 5.41) is 9.06. The first kappa shape index (κ1) is 15.8. The highest BCUT2D eigenvalue weighted by Crippen LogP contribution is 2.24. The van der Waals surface area contributed by atoms with Crippen LogP contribution in [0.2, 0.25) is 0 Å². The Hall–Kier alpha value is -1.60. The van der Waals surface area contributed by atoms with Crippen LogP contribution in [-0.2, 0) is 21.2 Å². The van der Waals surface area contributed by atoms with Gasteiger partial charge in [0.1, 0.15) is 5.75 Å².